The van der Waals surface area contributed by atoms with Gasteiger partial charge in [0.1, 0.15) is 0 Å². The Bertz CT molecular complexity index is 1400. The number of anilines is 1. The van der Waals surface area contributed by atoms with Crippen LogP contribution in [0.1, 0.15) is 43.8 Å². The monoisotopic (exact) mass is 497 g/mol. The third kappa shape index (κ3) is 6.70. The first-order valence-corrected chi connectivity index (χ1v) is 11.4. The number of nitrogens with one attached hydrogen (secondary N) is 2. The van der Waals surface area contributed by atoms with E-state index in [1.165, 1.54) is 18.5 Å². The second kappa shape index (κ2) is 12.0. The first kappa shape index (κ1) is 24.9. The van der Waals surface area contributed by atoms with E-state index >= 15 is 0 Å². The minimum atomic E-state index is -0.648. The minimum absolute atomic E-state index is 0.0717. The number of rotatable bonds is 9. The molecule has 2 amide bonds. The molecule has 186 valence electrons. The zero-order valence-corrected chi connectivity index (χ0v) is 19.8. The van der Waals surface area contributed by atoms with E-state index in [1.54, 1.807) is 79.7 Å². The van der Waals surface area contributed by atoms with Gasteiger partial charge in [0, 0.05) is 16.8 Å². The molecule has 0 unspecified atom stereocenters. The van der Waals surface area contributed by atoms with Crippen LogP contribution in [0.25, 0.3) is 0 Å². The highest BCUT2D eigenvalue weighted by molar-refractivity contribution is 6.04. The van der Waals surface area contributed by atoms with E-state index in [1.807, 2.05) is 6.07 Å². The smallest absolute Gasteiger partial charge is 0.379 e. The molecule has 9 nitrogen and oxygen atoms in total. The van der Waals surface area contributed by atoms with Gasteiger partial charge in [-0.1, -0.05) is 18.2 Å². The lowest BCUT2D eigenvalue weighted by Gasteiger charge is -2.10. The summed E-state index contributed by atoms with van der Waals surface area (Å²) < 4.78 is 16.0. The van der Waals surface area contributed by atoms with Gasteiger partial charge in [-0.25, -0.2) is 10.2 Å². The molecule has 0 bridgehead atoms. The van der Waals surface area contributed by atoms with Crippen LogP contribution in [0.5, 0.6) is 11.5 Å². The summed E-state index contributed by atoms with van der Waals surface area (Å²) in [4.78, 5) is 36.9. The SMILES string of the molecule is CCOc1cc(/C=N\NC(=O)c2ccc(NC(=O)c3ccccc3)cc2)ccc1OC(=O)c1ccco1. The van der Waals surface area contributed by atoms with E-state index in [9.17, 15) is 14.4 Å². The molecule has 0 aliphatic carbocycles. The maximum atomic E-state index is 12.4. The van der Waals surface area contributed by atoms with Crippen LogP contribution in [0, 0.1) is 0 Å². The summed E-state index contributed by atoms with van der Waals surface area (Å²) in [5.41, 5.74) is 4.53. The van der Waals surface area contributed by atoms with Crippen molar-refractivity contribution in [1.82, 2.24) is 5.43 Å². The van der Waals surface area contributed by atoms with Crippen molar-refractivity contribution in [2.75, 3.05) is 11.9 Å². The Balaban J connectivity index is 1.35. The summed E-state index contributed by atoms with van der Waals surface area (Å²) in [5, 5.41) is 6.77. The first-order valence-electron chi connectivity index (χ1n) is 11.4. The van der Waals surface area contributed by atoms with Crippen LogP contribution in [0.15, 0.2) is 101 Å². The predicted octanol–water partition coefficient (Wildman–Crippen LogP) is 4.91. The fourth-order valence-electron chi connectivity index (χ4n) is 3.23. The van der Waals surface area contributed by atoms with E-state index in [0.717, 1.165) is 0 Å². The molecule has 4 rings (SSSR count). The zero-order valence-electron chi connectivity index (χ0n) is 19.8. The van der Waals surface area contributed by atoms with Gasteiger partial charge in [0.05, 0.1) is 19.1 Å². The number of ether oxygens (including phenoxy) is 2. The third-order valence-electron chi connectivity index (χ3n) is 5.01. The second-order valence-electron chi connectivity index (χ2n) is 7.60. The molecule has 1 aromatic heterocycles. The largest absolute Gasteiger partial charge is 0.490 e. The second-order valence-corrected chi connectivity index (χ2v) is 7.60. The van der Waals surface area contributed by atoms with E-state index in [-0.39, 0.29) is 17.4 Å². The Labute approximate surface area is 212 Å². The normalized spacial score (nSPS) is 10.6. The van der Waals surface area contributed by atoms with Gasteiger partial charge in [0.15, 0.2) is 11.5 Å². The summed E-state index contributed by atoms with van der Waals surface area (Å²) in [6.45, 7) is 2.15. The van der Waals surface area contributed by atoms with Gasteiger partial charge < -0.3 is 19.2 Å². The molecule has 0 saturated carbocycles. The number of esters is 1. The predicted molar refractivity (Wildman–Crippen MR) is 137 cm³/mol. The number of hydrogen-bond acceptors (Lipinski definition) is 7. The Kier molecular flexibility index (Phi) is 8.07. The molecule has 0 spiro atoms. The van der Waals surface area contributed by atoms with Crippen molar-refractivity contribution in [2.45, 2.75) is 6.92 Å². The lowest BCUT2D eigenvalue weighted by atomic mass is 10.1. The van der Waals surface area contributed by atoms with Crippen LogP contribution in [0.4, 0.5) is 5.69 Å². The Morgan fingerprint density at radius 2 is 1.62 bits per heavy atom. The minimum Gasteiger partial charge on any atom is -0.490 e. The van der Waals surface area contributed by atoms with E-state index in [0.29, 0.717) is 34.7 Å². The number of hydrazone groups is 1. The summed E-state index contributed by atoms with van der Waals surface area (Å²) >= 11 is 0. The molecule has 1 heterocycles. The van der Waals surface area contributed by atoms with Crippen molar-refractivity contribution in [2.24, 2.45) is 5.10 Å². The van der Waals surface area contributed by atoms with Crippen LogP contribution >= 0.6 is 0 Å². The van der Waals surface area contributed by atoms with Crippen molar-refractivity contribution in [1.29, 1.82) is 0 Å². The maximum Gasteiger partial charge on any atom is 0.379 e. The summed E-state index contributed by atoms with van der Waals surface area (Å²) in [5.74, 6) is -0.677. The van der Waals surface area contributed by atoms with Gasteiger partial charge in [-0.3, -0.25) is 9.59 Å². The molecule has 0 fully saturated rings. The Hall–Kier alpha value is -5.18. The number of carbonyl (C=O) groups is 3. The van der Waals surface area contributed by atoms with Crippen LogP contribution in [0.2, 0.25) is 0 Å². The van der Waals surface area contributed by atoms with Crippen molar-refractivity contribution in [3.05, 3.63) is 114 Å². The molecular weight excluding hydrogens is 474 g/mol. The van der Waals surface area contributed by atoms with Crippen molar-refractivity contribution < 1.29 is 28.3 Å². The van der Waals surface area contributed by atoms with Gasteiger partial charge >= 0.3 is 5.97 Å². The van der Waals surface area contributed by atoms with Gasteiger partial charge in [0.25, 0.3) is 11.8 Å². The molecule has 0 atom stereocenters. The van der Waals surface area contributed by atoms with Crippen molar-refractivity contribution in [3.8, 4) is 11.5 Å². The van der Waals surface area contributed by atoms with Crippen LogP contribution in [0.3, 0.4) is 0 Å². The molecule has 0 radical (unpaired) electrons. The number of nitrogens with zero attached hydrogens (tertiary/aromatic N) is 1. The molecule has 0 saturated heterocycles. The molecule has 9 heteroatoms. The fourth-order valence-corrected chi connectivity index (χ4v) is 3.23. The summed E-state index contributed by atoms with van der Waals surface area (Å²) in [6, 6.07) is 23.2. The molecule has 4 aromatic rings. The van der Waals surface area contributed by atoms with E-state index in [2.05, 4.69) is 15.8 Å². The standard InChI is InChI=1S/C28H23N3O6/c1-2-35-25-17-19(10-15-23(25)37-28(34)24-9-6-16-36-24)18-29-31-27(33)21-11-13-22(14-12-21)30-26(32)20-7-4-3-5-8-20/h3-18H,2H2,1H3,(H,30,32)(H,31,33)/b29-18-. The highest BCUT2D eigenvalue weighted by Gasteiger charge is 2.15. The van der Waals surface area contributed by atoms with Crippen molar-refractivity contribution >= 4 is 29.7 Å². The fraction of sp³-hybridized carbons (Fsp3) is 0.0714. The van der Waals surface area contributed by atoms with Crippen LogP contribution in [-0.2, 0) is 0 Å². The lowest BCUT2D eigenvalue weighted by Crippen LogP contribution is -2.18. The average Bonchev–Trinajstić information content (AvgIpc) is 3.46. The van der Waals surface area contributed by atoms with Crippen LogP contribution in [-0.4, -0.2) is 30.6 Å². The topological polar surface area (TPSA) is 119 Å². The van der Waals surface area contributed by atoms with Crippen LogP contribution < -0.4 is 20.2 Å². The number of carbonyl (C=O) groups excluding carboxylic acids is 3. The van der Waals surface area contributed by atoms with Gasteiger partial charge in [-0.15, -0.1) is 0 Å². The molecule has 0 aliphatic heterocycles. The number of furan rings is 1. The molecule has 37 heavy (non-hydrogen) atoms. The highest BCUT2D eigenvalue weighted by Crippen LogP contribution is 2.29. The maximum absolute atomic E-state index is 12.4. The number of amides is 2. The Morgan fingerprint density at radius 1 is 0.865 bits per heavy atom. The molecular formula is C28H23N3O6. The highest BCUT2D eigenvalue weighted by atomic mass is 16.6. The molecule has 2 N–H and O–H groups in total. The number of hydrogen-bond donors (Lipinski definition) is 2. The van der Waals surface area contributed by atoms with E-state index in [4.69, 9.17) is 13.9 Å². The quantitative estimate of drug-likeness (QED) is 0.147. The average molecular weight is 498 g/mol. The van der Waals surface area contributed by atoms with Gasteiger partial charge in [-0.2, -0.15) is 5.10 Å². The Morgan fingerprint density at radius 3 is 2.32 bits per heavy atom. The zero-order chi connectivity index (χ0) is 26.0. The summed E-state index contributed by atoms with van der Waals surface area (Å²) in [6.07, 6.45) is 2.82. The lowest BCUT2D eigenvalue weighted by molar-refractivity contribution is 0.0694. The summed E-state index contributed by atoms with van der Waals surface area (Å²) in [7, 11) is 0. The van der Waals surface area contributed by atoms with Crippen molar-refractivity contribution in [3.63, 3.8) is 0 Å². The van der Waals surface area contributed by atoms with E-state index < -0.39 is 11.9 Å². The van der Waals surface area contributed by atoms with Gasteiger partial charge in [-0.05, 0) is 79.2 Å². The molecule has 0 aliphatic rings. The first-order chi connectivity index (χ1) is 18.0. The van der Waals surface area contributed by atoms with Gasteiger partial charge in [0.2, 0.25) is 5.76 Å². The molecule has 3 aromatic carbocycles. The number of benzene rings is 3. The third-order valence-corrected chi connectivity index (χ3v) is 5.01.